The zero-order valence-electron chi connectivity index (χ0n) is 22.7. The normalized spacial score (nSPS) is 13.7. The van der Waals surface area contributed by atoms with Crippen molar-refractivity contribution in [3.05, 3.63) is 115 Å². The molecule has 1 N–H and O–H groups in total. The number of esters is 1. The van der Waals surface area contributed by atoms with Gasteiger partial charge in [-0.2, -0.15) is 43.5 Å². The van der Waals surface area contributed by atoms with Gasteiger partial charge in [-0.1, -0.05) is 66.4 Å². The van der Waals surface area contributed by atoms with Crippen LogP contribution in [0.15, 0.2) is 140 Å². The van der Waals surface area contributed by atoms with E-state index in [1.54, 1.807) is 11.8 Å². The van der Waals surface area contributed by atoms with Crippen molar-refractivity contribution in [2.45, 2.75) is 47.9 Å². The van der Waals surface area contributed by atoms with Crippen LogP contribution in [-0.2, 0) is 30.5 Å². The fourth-order valence-electron chi connectivity index (χ4n) is 3.40. The van der Waals surface area contributed by atoms with Gasteiger partial charge in [0.1, 0.15) is 0 Å². The van der Waals surface area contributed by atoms with E-state index in [0.29, 0.717) is 0 Å². The summed E-state index contributed by atoms with van der Waals surface area (Å²) in [6.07, 6.45) is -20.2. The van der Waals surface area contributed by atoms with Crippen LogP contribution in [0.5, 0.6) is 0 Å². The van der Waals surface area contributed by atoms with E-state index < -0.39 is 39.5 Å². The number of halogens is 9. The number of carbonyl (C=O) groups excluding carboxylic acids is 1. The summed E-state index contributed by atoms with van der Waals surface area (Å²) in [5, 5.41) is -6.51. The fourth-order valence-corrected chi connectivity index (χ4v) is 6.86. The van der Waals surface area contributed by atoms with Crippen LogP contribution in [0.3, 0.4) is 0 Å². The number of hydrogen-bond donors (Lipinski definition) is 1. The van der Waals surface area contributed by atoms with Crippen LogP contribution < -0.4 is 0 Å². The number of ether oxygens (including phenoxy) is 1. The van der Waals surface area contributed by atoms with Gasteiger partial charge in [0.05, 0.1) is 10.9 Å². The lowest BCUT2D eigenvalue weighted by molar-refractivity contribution is -0.380. The standard InChI is InChI=1S/C24H19S2.C5HF9O5S/c1-4-10-20(11-5-1)25-21-16-18-24(19-17-21)26(22-12-6-2-7-13-22)23-14-8-3-9-15-23;6-2(3(7,8)9,20(16,17)18)1(15)19-5(13,14)4(10,11)12/h1-19H;(H,16,17,18)/q+1;. The van der Waals surface area contributed by atoms with Gasteiger partial charge in [-0.15, -0.1) is 0 Å². The second kappa shape index (κ2) is 14.4. The molecule has 4 rings (SSSR count). The molecule has 0 heterocycles. The Hall–Kier alpha value is -3.67. The Kier molecular flexibility index (Phi) is 11.5. The van der Waals surface area contributed by atoms with Crippen LogP contribution in [0, 0.1) is 0 Å². The quantitative estimate of drug-likeness (QED) is 0.0851. The van der Waals surface area contributed by atoms with Gasteiger partial charge in [-0.25, -0.2) is 9.18 Å². The van der Waals surface area contributed by atoms with E-state index in [4.69, 9.17) is 4.55 Å². The highest BCUT2D eigenvalue weighted by Crippen LogP contribution is 2.43. The Bertz CT molecular complexity index is 1650. The molecule has 17 heteroatoms. The van der Waals surface area contributed by atoms with Crippen molar-refractivity contribution in [3.8, 4) is 0 Å². The molecule has 46 heavy (non-hydrogen) atoms. The number of hydrogen-bond acceptors (Lipinski definition) is 5. The number of benzene rings is 4. The van der Waals surface area contributed by atoms with Crippen molar-refractivity contribution in [1.29, 1.82) is 0 Å². The van der Waals surface area contributed by atoms with Crippen LogP contribution in [0.2, 0.25) is 0 Å². The Morgan fingerprint density at radius 3 is 1.33 bits per heavy atom. The van der Waals surface area contributed by atoms with Gasteiger partial charge in [0.15, 0.2) is 14.7 Å². The number of carbonyl (C=O) groups is 1. The SMILES string of the molecule is O=C(OC(F)(F)C(F)(F)F)C(F)(C(F)(F)F)S(=O)(=O)O.c1ccc(Sc2ccc([S+](c3ccccc3)c3ccccc3)cc2)cc1. The molecule has 0 amide bonds. The predicted molar refractivity (Wildman–Crippen MR) is 151 cm³/mol. The predicted octanol–water partition coefficient (Wildman–Crippen LogP) is 8.73. The Balaban J connectivity index is 0.000000262. The summed E-state index contributed by atoms with van der Waals surface area (Å²) < 4.78 is 138. The van der Waals surface area contributed by atoms with E-state index in [9.17, 15) is 52.7 Å². The summed E-state index contributed by atoms with van der Waals surface area (Å²) in [6, 6.07) is 41.1. The lowest BCUT2D eigenvalue weighted by Gasteiger charge is -2.25. The molecule has 4 aromatic rings. The van der Waals surface area contributed by atoms with E-state index in [1.807, 2.05) is 4.74 Å². The zero-order chi connectivity index (χ0) is 34.4. The molecular weight excluding hydrogens is 695 g/mol. The van der Waals surface area contributed by atoms with Crippen molar-refractivity contribution < 1.29 is 62.0 Å². The van der Waals surface area contributed by atoms with Crippen LogP contribution in [0.1, 0.15) is 0 Å². The third-order valence-corrected chi connectivity index (χ3v) is 9.89. The van der Waals surface area contributed by atoms with Crippen molar-refractivity contribution >= 4 is 38.7 Å². The van der Waals surface area contributed by atoms with Crippen LogP contribution >= 0.6 is 11.8 Å². The first-order chi connectivity index (χ1) is 21.3. The summed E-state index contributed by atoms with van der Waals surface area (Å²) in [7, 11) is -7.18. The molecule has 0 aliphatic rings. The molecular formula is C29H20F9O5S3+. The van der Waals surface area contributed by atoms with E-state index in [0.717, 1.165) is 0 Å². The summed E-state index contributed by atoms with van der Waals surface area (Å²) in [6.45, 7) is 0. The van der Waals surface area contributed by atoms with E-state index in [2.05, 4.69) is 115 Å². The number of rotatable bonds is 8. The Morgan fingerprint density at radius 1 is 0.587 bits per heavy atom. The van der Waals surface area contributed by atoms with E-state index >= 15 is 0 Å². The van der Waals surface area contributed by atoms with E-state index in [-0.39, 0.29) is 10.9 Å². The minimum Gasteiger partial charge on any atom is -0.390 e. The van der Waals surface area contributed by atoms with Gasteiger partial charge in [0, 0.05) is 9.79 Å². The summed E-state index contributed by atoms with van der Waals surface area (Å²) in [5.41, 5.74) is 0. The molecule has 1 atom stereocenters. The maximum Gasteiger partial charge on any atom is 0.501 e. The highest BCUT2D eigenvalue weighted by molar-refractivity contribution is 7.99. The van der Waals surface area contributed by atoms with Gasteiger partial charge in [-0.3, -0.25) is 4.55 Å². The molecule has 5 nitrogen and oxygen atoms in total. The van der Waals surface area contributed by atoms with Crippen LogP contribution in [0.4, 0.5) is 39.5 Å². The Morgan fingerprint density at radius 2 is 0.957 bits per heavy atom. The third-order valence-electron chi connectivity index (χ3n) is 5.53. The second-order valence-corrected chi connectivity index (χ2v) is 13.5. The topological polar surface area (TPSA) is 80.7 Å². The highest BCUT2D eigenvalue weighted by atomic mass is 32.2. The van der Waals surface area contributed by atoms with Gasteiger partial charge < -0.3 is 4.74 Å². The Labute approximate surface area is 263 Å². The molecule has 0 saturated heterocycles. The van der Waals surface area contributed by atoms with Gasteiger partial charge in [0.2, 0.25) is 0 Å². The van der Waals surface area contributed by atoms with Crippen LogP contribution in [0.25, 0.3) is 0 Å². The summed E-state index contributed by atoms with van der Waals surface area (Å²) >= 11 is 1.80. The van der Waals surface area contributed by atoms with Crippen molar-refractivity contribution in [3.63, 3.8) is 0 Å². The molecule has 1 unspecified atom stereocenters. The molecule has 0 radical (unpaired) electrons. The molecule has 0 aromatic heterocycles. The summed E-state index contributed by atoms with van der Waals surface area (Å²) in [5.74, 6) is -4.20. The highest BCUT2D eigenvalue weighted by Gasteiger charge is 2.75. The maximum atomic E-state index is 13.0. The third kappa shape index (κ3) is 8.77. The number of alkyl halides is 9. The largest absolute Gasteiger partial charge is 0.501 e. The lowest BCUT2D eigenvalue weighted by atomic mass is 10.3. The first-order valence-electron chi connectivity index (χ1n) is 12.4. The monoisotopic (exact) mass is 715 g/mol. The smallest absolute Gasteiger partial charge is 0.390 e. The first-order valence-corrected chi connectivity index (χ1v) is 15.8. The first kappa shape index (κ1) is 36.8. The lowest BCUT2D eigenvalue weighted by Crippen LogP contribution is -2.57. The maximum absolute atomic E-state index is 13.0. The minimum atomic E-state index is -7.11. The average molecular weight is 716 g/mol. The molecule has 0 aliphatic carbocycles. The van der Waals surface area contributed by atoms with Gasteiger partial charge in [0.25, 0.3) is 0 Å². The molecule has 0 saturated carbocycles. The molecule has 246 valence electrons. The van der Waals surface area contributed by atoms with Crippen LogP contribution in [-0.4, -0.2) is 42.4 Å². The van der Waals surface area contributed by atoms with Crippen molar-refractivity contribution in [2.24, 2.45) is 0 Å². The molecule has 0 spiro atoms. The van der Waals surface area contributed by atoms with E-state index in [1.165, 1.54) is 24.5 Å². The summed E-state index contributed by atoms with van der Waals surface area (Å²) in [4.78, 5) is 17.0. The van der Waals surface area contributed by atoms with Crippen molar-refractivity contribution in [1.82, 2.24) is 0 Å². The zero-order valence-corrected chi connectivity index (χ0v) is 25.1. The molecule has 4 aromatic carbocycles. The van der Waals surface area contributed by atoms with Gasteiger partial charge >= 0.3 is 39.5 Å². The van der Waals surface area contributed by atoms with Crippen molar-refractivity contribution in [2.75, 3.05) is 0 Å². The molecule has 0 fully saturated rings. The molecule has 0 aliphatic heterocycles. The molecule has 0 bridgehead atoms. The second-order valence-electron chi connectivity index (χ2n) is 8.79. The average Bonchev–Trinajstić information content (AvgIpc) is 2.98. The minimum absolute atomic E-state index is 0.0786. The van der Waals surface area contributed by atoms with Gasteiger partial charge in [-0.05, 0) is 60.7 Å². The fraction of sp³-hybridized carbons (Fsp3) is 0.138.